The zero-order valence-corrected chi connectivity index (χ0v) is 18.6. The Kier molecular flexibility index (Phi) is 7.28. The van der Waals surface area contributed by atoms with E-state index >= 15 is 0 Å². The number of hydrogen-bond acceptors (Lipinski definition) is 5. The number of carbonyl (C=O) groups excluding carboxylic acids is 1. The first-order valence-corrected chi connectivity index (χ1v) is 11.8. The lowest BCUT2D eigenvalue weighted by atomic mass is 9.94. The molecule has 4 rings (SSSR count). The molecule has 3 aliphatic rings. The number of ether oxygens (including phenoxy) is 1. The van der Waals surface area contributed by atoms with E-state index in [0.717, 1.165) is 38.3 Å². The molecule has 4 atom stereocenters. The van der Waals surface area contributed by atoms with Crippen molar-refractivity contribution in [2.75, 3.05) is 39.8 Å². The number of benzene rings is 1. The molecule has 6 nitrogen and oxygen atoms in total. The summed E-state index contributed by atoms with van der Waals surface area (Å²) in [5.41, 5.74) is 8.00. The number of likely N-dealkylation sites (tertiary alicyclic amines) is 1. The summed E-state index contributed by atoms with van der Waals surface area (Å²) in [4.78, 5) is 17.9. The van der Waals surface area contributed by atoms with Gasteiger partial charge in [0.15, 0.2) is 0 Å². The van der Waals surface area contributed by atoms with Crippen molar-refractivity contribution >= 4 is 5.91 Å². The largest absolute Gasteiger partial charge is 0.497 e. The molecule has 2 aliphatic heterocycles. The summed E-state index contributed by atoms with van der Waals surface area (Å²) in [5, 5.41) is 0. The van der Waals surface area contributed by atoms with Gasteiger partial charge in [-0.15, -0.1) is 0 Å². The fraction of sp³-hybridized carbons (Fsp3) is 0.708. The Morgan fingerprint density at radius 3 is 2.97 bits per heavy atom. The number of nitrogens with one attached hydrogen (secondary N) is 2. The van der Waals surface area contributed by atoms with Crippen molar-refractivity contribution in [3.8, 4) is 5.75 Å². The van der Waals surface area contributed by atoms with Crippen LogP contribution in [0, 0.1) is 11.8 Å². The number of nitrogens with zero attached hydrogens (tertiary/aromatic N) is 2. The molecule has 0 radical (unpaired) electrons. The van der Waals surface area contributed by atoms with E-state index in [4.69, 9.17) is 4.74 Å². The van der Waals surface area contributed by atoms with Gasteiger partial charge in [-0.3, -0.25) is 10.2 Å². The second kappa shape index (κ2) is 10.1. The standard InChI is InChI=1S/C24H38N4O2/c1-3-28(24(29)23-21-10-5-11-22(21)25-26-23)17-19-8-6-13-27(16-19)14-12-18-7-4-9-20(15-18)30-2/h4,7,9,15,19,21-23,25-26H,3,5-6,8,10-14,16-17H2,1-2H3. The fourth-order valence-electron chi connectivity index (χ4n) is 5.62. The lowest BCUT2D eigenvalue weighted by Crippen LogP contribution is -2.50. The molecule has 0 aromatic heterocycles. The van der Waals surface area contributed by atoms with Gasteiger partial charge in [0.25, 0.3) is 0 Å². The highest BCUT2D eigenvalue weighted by Gasteiger charge is 2.44. The predicted molar refractivity (Wildman–Crippen MR) is 119 cm³/mol. The number of carbonyl (C=O) groups is 1. The van der Waals surface area contributed by atoms with Crippen LogP contribution in [0.15, 0.2) is 24.3 Å². The van der Waals surface area contributed by atoms with Crippen LogP contribution in [0.5, 0.6) is 5.75 Å². The molecular weight excluding hydrogens is 376 g/mol. The van der Waals surface area contributed by atoms with Crippen LogP contribution in [0.1, 0.15) is 44.6 Å². The number of hydrogen-bond donors (Lipinski definition) is 2. The van der Waals surface area contributed by atoms with Crippen LogP contribution in [-0.4, -0.2) is 67.6 Å². The van der Waals surface area contributed by atoms with Gasteiger partial charge in [-0.2, -0.15) is 0 Å². The second-order valence-corrected chi connectivity index (χ2v) is 9.25. The normalized spacial score (nSPS) is 29.0. The highest BCUT2D eigenvalue weighted by atomic mass is 16.5. The third-order valence-corrected chi connectivity index (χ3v) is 7.31. The molecule has 1 aromatic rings. The van der Waals surface area contributed by atoms with Crippen LogP contribution >= 0.6 is 0 Å². The van der Waals surface area contributed by atoms with Gasteiger partial charge < -0.3 is 14.5 Å². The van der Waals surface area contributed by atoms with Gasteiger partial charge in [-0.1, -0.05) is 18.6 Å². The van der Waals surface area contributed by atoms with Crippen molar-refractivity contribution in [2.24, 2.45) is 11.8 Å². The lowest BCUT2D eigenvalue weighted by Gasteiger charge is -2.36. The molecule has 2 saturated heterocycles. The van der Waals surface area contributed by atoms with E-state index in [1.54, 1.807) is 7.11 Å². The van der Waals surface area contributed by atoms with Crippen LogP contribution in [-0.2, 0) is 11.2 Å². The molecule has 1 aromatic carbocycles. The van der Waals surface area contributed by atoms with E-state index in [1.807, 2.05) is 6.07 Å². The minimum atomic E-state index is -0.0368. The number of amides is 1. The molecular formula is C24H38N4O2. The van der Waals surface area contributed by atoms with E-state index in [9.17, 15) is 4.79 Å². The SMILES string of the molecule is CCN(CC1CCCN(CCc2cccc(OC)c2)C1)C(=O)C1NNC2CCCC21. The first kappa shape index (κ1) is 21.6. The van der Waals surface area contributed by atoms with Crippen molar-refractivity contribution in [3.05, 3.63) is 29.8 Å². The molecule has 2 heterocycles. The van der Waals surface area contributed by atoms with E-state index in [-0.39, 0.29) is 6.04 Å². The van der Waals surface area contributed by atoms with Crippen molar-refractivity contribution in [1.82, 2.24) is 20.7 Å². The molecule has 1 aliphatic carbocycles. The number of piperidine rings is 1. The maximum Gasteiger partial charge on any atom is 0.241 e. The minimum Gasteiger partial charge on any atom is -0.497 e. The summed E-state index contributed by atoms with van der Waals surface area (Å²) in [6.45, 7) is 7.14. The maximum absolute atomic E-state index is 13.2. The topological polar surface area (TPSA) is 56.8 Å². The molecule has 2 N–H and O–H groups in total. The molecule has 30 heavy (non-hydrogen) atoms. The van der Waals surface area contributed by atoms with Crippen molar-refractivity contribution in [3.63, 3.8) is 0 Å². The van der Waals surface area contributed by atoms with Crippen LogP contribution < -0.4 is 15.6 Å². The summed E-state index contributed by atoms with van der Waals surface area (Å²) in [7, 11) is 1.72. The Morgan fingerprint density at radius 1 is 1.23 bits per heavy atom. The molecule has 1 saturated carbocycles. The van der Waals surface area contributed by atoms with Gasteiger partial charge in [-0.05, 0) is 69.2 Å². The van der Waals surface area contributed by atoms with Crippen LogP contribution in [0.4, 0.5) is 0 Å². The highest BCUT2D eigenvalue weighted by Crippen LogP contribution is 2.32. The lowest BCUT2D eigenvalue weighted by molar-refractivity contribution is -0.134. The Balaban J connectivity index is 1.28. The van der Waals surface area contributed by atoms with E-state index in [0.29, 0.717) is 23.8 Å². The van der Waals surface area contributed by atoms with Gasteiger partial charge in [0, 0.05) is 38.1 Å². The van der Waals surface area contributed by atoms with Crippen molar-refractivity contribution < 1.29 is 9.53 Å². The monoisotopic (exact) mass is 414 g/mol. The van der Waals surface area contributed by atoms with Crippen LogP contribution in [0.25, 0.3) is 0 Å². The van der Waals surface area contributed by atoms with Gasteiger partial charge >= 0.3 is 0 Å². The molecule has 1 amide bonds. The number of likely N-dealkylation sites (N-methyl/N-ethyl adjacent to an activating group) is 1. The molecule has 0 spiro atoms. The van der Waals surface area contributed by atoms with Gasteiger partial charge in [0.1, 0.15) is 11.8 Å². The smallest absolute Gasteiger partial charge is 0.241 e. The Bertz CT molecular complexity index is 712. The van der Waals surface area contributed by atoms with Crippen LogP contribution in [0.2, 0.25) is 0 Å². The van der Waals surface area contributed by atoms with E-state index in [2.05, 4.69) is 45.8 Å². The Labute approximate surface area is 181 Å². The van der Waals surface area contributed by atoms with Gasteiger partial charge in [0.2, 0.25) is 5.91 Å². The fourth-order valence-corrected chi connectivity index (χ4v) is 5.62. The van der Waals surface area contributed by atoms with Crippen LogP contribution in [0.3, 0.4) is 0 Å². The molecule has 0 bridgehead atoms. The molecule has 4 unspecified atom stereocenters. The summed E-state index contributed by atoms with van der Waals surface area (Å²) in [5.74, 6) is 2.27. The number of fused-ring (bicyclic) bond motifs is 1. The molecule has 3 fully saturated rings. The summed E-state index contributed by atoms with van der Waals surface area (Å²) < 4.78 is 5.35. The van der Waals surface area contributed by atoms with Crippen molar-refractivity contribution in [2.45, 2.75) is 57.5 Å². The summed E-state index contributed by atoms with van der Waals surface area (Å²) in [6.07, 6.45) is 7.09. The van der Waals surface area contributed by atoms with Crippen molar-refractivity contribution in [1.29, 1.82) is 0 Å². The number of hydrazine groups is 1. The zero-order chi connectivity index (χ0) is 20.9. The predicted octanol–water partition coefficient (Wildman–Crippen LogP) is 2.44. The Hall–Kier alpha value is -1.63. The molecule has 6 heteroatoms. The summed E-state index contributed by atoms with van der Waals surface area (Å²) >= 11 is 0. The second-order valence-electron chi connectivity index (χ2n) is 9.25. The molecule has 166 valence electrons. The minimum absolute atomic E-state index is 0.0368. The van der Waals surface area contributed by atoms with E-state index < -0.39 is 0 Å². The number of rotatable bonds is 8. The maximum atomic E-state index is 13.2. The van der Waals surface area contributed by atoms with E-state index in [1.165, 1.54) is 44.2 Å². The quantitative estimate of drug-likeness (QED) is 0.684. The first-order valence-electron chi connectivity index (χ1n) is 11.8. The van der Waals surface area contributed by atoms with Gasteiger partial charge in [-0.25, -0.2) is 5.43 Å². The summed E-state index contributed by atoms with van der Waals surface area (Å²) in [6, 6.07) is 8.83. The highest BCUT2D eigenvalue weighted by molar-refractivity contribution is 5.82. The average Bonchev–Trinajstić information content (AvgIpc) is 3.40. The number of methoxy groups -OCH3 is 1. The Morgan fingerprint density at radius 2 is 2.13 bits per heavy atom. The zero-order valence-electron chi connectivity index (χ0n) is 18.6. The third kappa shape index (κ3) is 4.98. The third-order valence-electron chi connectivity index (χ3n) is 7.31. The average molecular weight is 415 g/mol. The van der Waals surface area contributed by atoms with Gasteiger partial charge in [0.05, 0.1) is 7.11 Å². The first-order chi connectivity index (χ1) is 14.7.